The Bertz CT molecular complexity index is 434. The zero-order valence-electron chi connectivity index (χ0n) is 10.3. The van der Waals surface area contributed by atoms with E-state index in [1.165, 1.54) is 6.42 Å². The second kappa shape index (κ2) is 4.35. The van der Waals surface area contributed by atoms with Crippen LogP contribution in [-0.4, -0.2) is 10.5 Å². The summed E-state index contributed by atoms with van der Waals surface area (Å²) in [6.45, 7) is 4.05. The topological polar surface area (TPSA) is 55.2 Å². The molecule has 1 aromatic rings. The second-order valence-corrected chi connectivity index (χ2v) is 4.84. The third-order valence-electron chi connectivity index (χ3n) is 3.83. The van der Waals surface area contributed by atoms with Crippen molar-refractivity contribution < 1.29 is 4.92 Å². The van der Waals surface area contributed by atoms with Crippen LogP contribution in [0.25, 0.3) is 0 Å². The van der Waals surface area contributed by atoms with E-state index >= 15 is 0 Å². The minimum atomic E-state index is -0.308. The van der Waals surface area contributed by atoms with Crippen molar-refractivity contribution in [2.24, 2.45) is 0 Å². The highest BCUT2D eigenvalue weighted by Gasteiger charge is 2.36. The highest BCUT2D eigenvalue weighted by atomic mass is 16.6. The highest BCUT2D eigenvalue weighted by Crippen LogP contribution is 2.41. The van der Waals surface area contributed by atoms with Crippen molar-refractivity contribution in [1.82, 2.24) is 0 Å². The van der Waals surface area contributed by atoms with Crippen LogP contribution in [-0.2, 0) is 0 Å². The number of para-hydroxylation sites is 1. The maximum atomic E-state index is 11.0. The van der Waals surface area contributed by atoms with E-state index in [4.69, 9.17) is 0 Å². The summed E-state index contributed by atoms with van der Waals surface area (Å²) in [5.74, 6) is 0. The summed E-state index contributed by atoms with van der Waals surface area (Å²) in [7, 11) is 0. The number of nitro groups is 1. The van der Waals surface area contributed by atoms with E-state index in [9.17, 15) is 10.1 Å². The van der Waals surface area contributed by atoms with E-state index in [1.54, 1.807) is 12.1 Å². The third kappa shape index (κ3) is 2.12. The fourth-order valence-corrected chi connectivity index (χ4v) is 2.40. The van der Waals surface area contributed by atoms with Crippen molar-refractivity contribution in [1.29, 1.82) is 0 Å². The molecule has 1 saturated carbocycles. The van der Waals surface area contributed by atoms with Crippen LogP contribution in [0.3, 0.4) is 0 Å². The number of benzene rings is 1. The quantitative estimate of drug-likeness (QED) is 0.639. The Balaban J connectivity index is 2.34. The van der Waals surface area contributed by atoms with Gasteiger partial charge in [-0.25, -0.2) is 0 Å². The summed E-state index contributed by atoms with van der Waals surface area (Å²) in [4.78, 5) is 10.7. The summed E-state index contributed by atoms with van der Waals surface area (Å²) in [6.07, 6.45) is 4.43. The second-order valence-electron chi connectivity index (χ2n) is 4.84. The van der Waals surface area contributed by atoms with Gasteiger partial charge in [0.2, 0.25) is 0 Å². The van der Waals surface area contributed by atoms with Gasteiger partial charge in [0.15, 0.2) is 0 Å². The Morgan fingerprint density at radius 1 is 1.47 bits per heavy atom. The minimum Gasteiger partial charge on any atom is -0.374 e. The predicted molar refractivity (Wildman–Crippen MR) is 68.3 cm³/mol. The van der Waals surface area contributed by atoms with Crippen molar-refractivity contribution in [3.8, 4) is 0 Å². The first-order valence-corrected chi connectivity index (χ1v) is 6.10. The number of nitrogens with one attached hydrogen (secondary N) is 1. The predicted octanol–water partition coefficient (Wildman–Crippen LogP) is 3.65. The van der Waals surface area contributed by atoms with Crippen molar-refractivity contribution in [3.63, 3.8) is 0 Å². The number of nitrogens with zero attached hydrogens (tertiary/aromatic N) is 1. The van der Waals surface area contributed by atoms with Crippen molar-refractivity contribution in [2.75, 3.05) is 5.32 Å². The fraction of sp³-hybridized carbons (Fsp3) is 0.538. The number of hydrogen-bond donors (Lipinski definition) is 1. The molecule has 0 aromatic heterocycles. The van der Waals surface area contributed by atoms with E-state index in [1.807, 2.05) is 13.0 Å². The van der Waals surface area contributed by atoms with Gasteiger partial charge < -0.3 is 5.32 Å². The maximum Gasteiger partial charge on any atom is 0.292 e. The van der Waals surface area contributed by atoms with E-state index in [2.05, 4.69) is 12.2 Å². The lowest BCUT2D eigenvalue weighted by molar-refractivity contribution is -0.384. The Labute approximate surface area is 101 Å². The van der Waals surface area contributed by atoms with Crippen LogP contribution in [0.15, 0.2) is 18.2 Å². The van der Waals surface area contributed by atoms with Crippen LogP contribution in [0, 0.1) is 17.0 Å². The van der Waals surface area contributed by atoms with Gasteiger partial charge in [-0.1, -0.05) is 19.1 Å². The fourth-order valence-electron chi connectivity index (χ4n) is 2.40. The third-order valence-corrected chi connectivity index (χ3v) is 3.83. The van der Waals surface area contributed by atoms with Gasteiger partial charge in [-0.05, 0) is 38.2 Å². The van der Waals surface area contributed by atoms with Crippen LogP contribution in [0.5, 0.6) is 0 Å². The lowest BCUT2D eigenvalue weighted by Gasteiger charge is -2.43. The summed E-state index contributed by atoms with van der Waals surface area (Å²) < 4.78 is 0. The first kappa shape index (κ1) is 11.9. The molecule has 17 heavy (non-hydrogen) atoms. The summed E-state index contributed by atoms with van der Waals surface area (Å²) in [6, 6.07) is 5.22. The van der Waals surface area contributed by atoms with Crippen LogP contribution in [0.4, 0.5) is 11.4 Å². The molecule has 92 valence electrons. The molecule has 1 aliphatic carbocycles. The Morgan fingerprint density at radius 2 is 2.18 bits per heavy atom. The van der Waals surface area contributed by atoms with Crippen LogP contribution in [0.1, 0.15) is 38.2 Å². The molecule has 2 rings (SSSR count). The van der Waals surface area contributed by atoms with Gasteiger partial charge in [-0.3, -0.25) is 10.1 Å². The molecule has 1 aromatic carbocycles. The average molecular weight is 234 g/mol. The average Bonchev–Trinajstić information content (AvgIpc) is 2.25. The molecule has 0 bridgehead atoms. The largest absolute Gasteiger partial charge is 0.374 e. The van der Waals surface area contributed by atoms with E-state index in [0.717, 1.165) is 24.8 Å². The van der Waals surface area contributed by atoms with Gasteiger partial charge in [-0.15, -0.1) is 0 Å². The van der Waals surface area contributed by atoms with E-state index in [-0.39, 0.29) is 16.1 Å². The summed E-state index contributed by atoms with van der Waals surface area (Å²) in [5, 5.41) is 14.4. The van der Waals surface area contributed by atoms with Gasteiger partial charge in [0, 0.05) is 11.6 Å². The number of hydrogen-bond acceptors (Lipinski definition) is 3. The standard InChI is InChI=1S/C13H18N2O2/c1-3-13(8-5-9-13)14-12-10(2)6-4-7-11(12)15(16)17/h4,6-7,14H,3,5,8-9H2,1-2H3. The van der Waals surface area contributed by atoms with Crippen LogP contribution < -0.4 is 5.32 Å². The molecule has 4 heteroatoms. The van der Waals surface area contributed by atoms with Gasteiger partial charge in [0.25, 0.3) is 5.69 Å². The molecule has 1 fully saturated rings. The smallest absolute Gasteiger partial charge is 0.292 e. The number of nitro benzene ring substituents is 1. The van der Waals surface area contributed by atoms with E-state index < -0.39 is 0 Å². The molecular formula is C13H18N2O2. The number of aryl methyl sites for hydroxylation is 1. The zero-order valence-corrected chi connectivity index (χ0v) is 10.3. The first-order chi connectivity index (χ1) is 8.08. The minimum absolute atomic E-state index is 0.0802. The SMILES string of the molecule is CCC1(Nc2c(C)cccc2[N+](=O)[O-])CCC1. The Kier molecular flexibility index (Phi) is 3.05. The summed E-state index contributed by atoms with van der Waals surface area (Å²) in [5.41, 5.74) is 1.90. The molecule has 1 N–H and O–H groups in total. The zero-order chi connectivity index (χ0) is 12.5. The summed E-state index contributed by atoms with van der Waals surface area (Å²) >= 11 is 0. The Hall–Kier alpha value is -1.58. The maximum absolute atomic E-state index is 11.0. The molecule has 0 aliphatic heterocycles. The molecule has 0 radical (unpaired) electrons. The normalized spacial score (nSPS) is 17.3. The molecule has 0 heterocycles. The van der Waals surface area contributed by atoms with E-state index in [0.29, 0.717) is 5.69 Å². The van der Waals surface area contributed by atoms with Crippen molar-refractivity contribution >= 4 is 11.4 Å². The molecule has 0 saturated heterocycles. The molecular weight excluding hydrogens is 216 g/mol. The molecule has 1 aliphatic rings. The van der Waals surface area contributed by atoms with Gasteiger partial charge in [0.1, 0.15) is 5.69 Å². The first-order valence-electron chi connectivity index (χ1n) is 6.10. The Morgan fingerprint density at radius 3 is 2.65 bits per heavy atom. The molecule has 4 nitrogen and oxygen atoms in total. The highest BCUT2D eigenvalue weighted by molar-refractivity contribution is 5.67. The van der Waals surface area contributed by atoms with Gasteiger partial charge in [0.05, 0.1) is 4.92 Å². The molecule has 0 atom stereocenters. The van der Waals surface area contributed by atoms with Gasteiger partial charge in [-0.2, -0.15) is 0 Å². The van der Waals surface area contributed by atoms with Crippen molar-refractivity contribution in [2.45, 2.75) is 45.1 Å². The van der Waals surface area contributed by atoms with Gasteiger partial charge >= 0.3 is 0 Å². The van der Waals surface area contributed by atoms with Crippen LogP contribution >= 0.6 is 0 Å². The molecule has 0 amide bonds. The number of anilines is 1. The lowest BCUT2D eigenvalue weighted by Crippen LogP contribution is -2.44. The number of rotatable bonds is 4. The molecule has 0 unspecified atom stereocenters. The van der Waals surface area contributed by atoms with Crippen molar-refractivity contribution in [3.05, 3.63) is 33.9 Å². The molecule has 0 spiro atoms. The van der Waals surface area contributed by atoms with Crippen LogP contribution in [0.2, 0.25) is 0 Å². The lowest BCUT2D eigenvalue weighted by atomic mass is 9.74. The monoisotopic (exact) mass is 234 g/mol.